The number of benzene rings is 1. The van der Waals surface area contributed by atoms with Crippen LogP contribution in [-0.2, 0) is 4.79 Å². The van der Waals surface area contributed by atoms with Crippen LogP contribution in [0.3, 0.4) is 0 Å². The predicted molar refractivity (Wildman–Crippen MR) is 132 cm³/mol. The summed E-state index contributed by atoms with van der Waals surface area (Å²) in [5.41, 5.74) is 1.77. The first-order chi connectivity index (χ1) is 15.3. The number of carbonyl (C=O) groups is 1. The molecule has 1 aromatic carbocycles. The fraction of sp³-hybridized carbons (Fsp3) is 0.481. The number of nitrogens with one attached hydrogen (secondary N) is 1. The van der Waals surface area contributed by atoms with E-state index in [1.165, 1.54) is 44.9 Å². The van der Waals surface area contributed by atoms with Crippen LogP contribution in [0.2, 0.25) is 0 Å². The third-order valence-corrected chi connectivity index (χ3v) is 5.32. The molecule has 2 aromatic rings. The Morgan fingerprint density at radius 2 is 1.65 bits per heavy atom. The van der Waals surface area contributed by atoms with Crippen molar-refractivity contribution >= 4 is 11.6 Å². The van der Waals surface area contributed by atoms with Crippen molar-refractivity contribution < 1.29 is 4.79 Å². The number of hydrogen-bond donors (Lipinski definition) is 1. The predicted octanol–water partition coefficient (Wildman–Crippen LogP) is 7.62. The molecular weight excluding hydrogens is 382 g/mol. The highest BCUT2D eigenvalue weighted by atomic mass is 16.1. The van der Waals surface area contributed by atoms with E-state index < -0.39 is 0 Å². The second-order valence-electron chi connectivity index (χ2n) is 8.02. The van der Waals surface area contributed by atoms with Gasteiger partial charge >= 0.3 is 0 Å². The van der Waals surface area contributed by atoms with Gasteiger partial charge in [0.15, 0.2) is 0 Å². The van der Waals surface area contributed by atoms with E-state index in [0.29, 0.717) is 6.42 Å². The average molecular weight is 422 g/mol. The van der Waals surface area contributed by atoms with Crippen LogP contribution >= 0.6 is 0 Å². The molecule has 0 saturated heterocycles. The summed E-state index contributed by atoms with van der Waals surface area (Å²) in [5.74, 6) is 0.0817. The van der Waals surface area contributed by atoms with Gasteiger partial charge in [-0.2, -0.15) is 0 Å². The van der Waals surface area contributed by atoms with E-state index in [-0.39, 0.29) is 5.91 Å². The van der Waals surface area contributed by atoms with E-state index in [1.807, 2.05) is 35.0 Å². The van der Waals surface area contributed by atoms with Gasteiger partial charge in [0.25, 0.3) is 0 Å². The van der Waals surface area contributed by atoms with Crippen molar-refractivity contribution in [2.45, 2.75) is 84.0 Å². The van der Waals surface area contributed by atoms with Gasteiger partial charge in [-0.25, -0.2) is 4.98 Å². The molecule has 2 rings (SSSR count). The minimum absolute atomic E-state index is 0.0817. The van der Waals surface area contributed by atoms with Gasteiger partial charge < -0.3 is 9.88 Å². The van der Waals surface area contributed by atoms with Gasteiger partial charge in [0.1, 0.15) is 0 Å². The zero-order chi connectivity index (χ0) is 22.0. The number of allylic oxidation sites excluding steroid dienone is 4. The number of para-hydroxylation sites is 2. The quantitative estimate of drug-likeness (QED) is 0.224. The first kappa shape index (κ1) is 24.6. The number of nitrogens with zero attached hydrogens (tertiary/aromatic N) is 2. The summed E-state index contributed by atoms with van der Waals surface area (Å²) in [7, 11) is 0. The maximum atomic E-state index is 12.3. The smallest absolute Gasteiger partial charge is 0.224 e. The maximum absolute atomic E-state index is 12.3. The molecule has 4 nitrogen and oxygen atoms in total. The van der Waals surface area contributed by atoms with Crippen LogP contribution in [0.15, 0.2) is 67.3 Å². The second-order valence-corrected chi connectivity index (χ2v) is 8.02. The van der Waals surface area contributed by atoms with Crippen molar-refractivity contribution in [2.75, 3.05) is 5.32 Å². The molecule has 0 aliphatic rings. The molecule has 31 heavy (non-hydrogen) atoms. The molecule has 168 valence electrons. The van der Waals surface area contributed by atoms with Crippen molar-refractivity contribution in [3.63, 3.8) is 0 Å². The SMILES string of the molecule is CCCCC/C=C\C/C=C\CCCCCCCC(=O)Nc1ccccc1-n1ccnc1. The molecular formula is C27H39N3O. The zero-order valence-corrected chi connectivity index (χ0v) is 19.1. The molecule has 0 radical (unpaired) electrons. The molecule has 0 aliphatic heterocycles. The highest BCUT2D eigenvalue weighted by Crippen LogP contribution is 2.20. The lowest BCUT2D eigenvalue weighted by molar-refractivity contribution is -0.116. The number of carbonyl (C=O) groups excluding carboxylic acids is 1. The number of hydrogen-bond acceptors (Lipinski definition) is 2. The number of imidazole rings is 1. The van der Waals surface area contributed by atoms with E-state index in [2.05, 4.69) is 41.5 Å². The van der Waals surface area contributed by atoms with Crippen molar-refractivity contribution in [2.24, 2.45) is 0 Å². The van der Waals surface area contributed by atoms with Crippen LogP contribution in [-0.4, -0.2) is 15.5 Å². The first-order valence-electron chi connectivity index (χ1n) is 12.0. The van der Waals surface area contributed by atoms with E-state index in [9.17, 15) is 4.79 Å². The molecule has 0 spiro atoms. The molecule has 0 atom stereocenters. The van der Waals surface area contributed by atoms with Gasteiger partial charge in [0.05, 0.1) is 17.7 Å². The number of rotatable bonds is 16. The zero-order valence-electron chi connectivity index (χ0n) is 19.1. The molecule has 1 N–H and O–H groups in total. The molecule has 0 saturated carbocycles. The van der Waals surface area contributed by atoms with E-state index in [0.717, 1.165) is 37.1 Å². The minimum atomic E-state index is 0.0817. The monoisotopic (exact) mass is 421 g/mol. The lowest BCUT2D eigenvalue weighted by Crippen LogP contribution is -2.13. The van der Waals surface area contributed by atoms with Crippen molar-refractivity contribution in [3.8, 4) is 5.69 Å². The molecule has 4 heteroatoms. The Kier molecular flexibility index (Phi) is 12.8. The van der Waals surface area contributed by atoms with E-state index >= 15 is 0 Å². The lowest BCUT2D eigenvalue weighted by atomic mass is 10.1. The van der Waals surface area contributed by atoms with E-state index in [1.54, 1.807) is 12.5 Å². The Bertz CT molecular complexity index is 778. The highest BCUT2D eigenvalue weighted by molar-refractivity contribution is 5.92. The van der Waals surface area contributed by atoms with Crippen LogP contribution in [0, 0.1) is 0 Å². The number of anilines is 1. The minimum Gasteiger partial charge on any atom is -0.324 e. The Morgan fingerprint density at radius 3 is 2.39 bits per heavy atom. The highest BCUT2D eigenvalue weighted by Gasteiger charge is 2.07. The van der Waals surface area contributed by atoms with E-state index in [4.69, 9.17) is 0 Å². The lowest BCUT2D eigenvalue weighted by Gasteiger charge is -2.11. The third-order valence-electron chi connectivity index (χ3n) is 5.32. The fourth-order valence-corrected chi connectivity index (χ4v) is 3.52. The van der Waals surface area contributed by atoms with Gasteiger partial charge in [0, 0.05) is 18.8 Å². The standard InChI is InChI=1S/C27H39N3O/c1-2-3-4-5-6-7-8-9-10-11-12-13-14-15-16-21-27(31)29-25-19-17-18-20-26(25)30-23-22-28-24-30/h6-7,9-10,17-20,22-24H,2-5,8,11-16,21H2,1H3,(H,29,31)/b7-6-,10-9-. The van der Waals surface area contributed by atoms with Crippen LogP contribution in [0.4, 0.5) is 5.69 Å². The summed E-state index contributed by atoms with van der Waals surface area (Å²) >= 11 is 0. The Balaban J connectivity index is 1.49. The average Bonchev–Trinajstić information content (AvgIpc) is 3.31. The summed E-state index contributed by atoms with van der Waals surface area (Å²) in [6, 6.07) is 7.82. The van der Waals surface area contributed by atoms with Crippen LogP contribution < -0.4 is 5.32 Å². The number of aromatic nitrogens is 2. The first-order valence-corrected chi connectivity index (χ1v) is 12.0. The van der Waals surface area contributed by atoms with Gasteiger partial charge in [-0.05, 0) is 50.7 Å². The van der Waals surface area contributed by atoms with Gasteiger partial charge in [-0.15, -0.1) is 0 Å². The van der Waals surface area contributed by atoms with Crippen molar-refractivity contribution in [1.82, 2.24) is 9.55 Å². The van der Waals surface area contributed by atoms with Gasteiger partial charge in [-0.3, -0.25) is 4.79 Å². The van der Waals surface area contributed by atoms with Crippen molar-refractivity contribution in [1.29, 1.82) is 0 Å². The van der Waals surface area contributed by atoms with Crippen LogP contribution in [0.5, 0.6) is 0 Å². The Hall–Kier alpha value is -2.62. The molecule has 1 aromatic heterocycles. The Labute approximate surface area is 188 Å². The molecule has 1 amide bonds. The second kappa shape index (κ2) is 16.1. The van der Waals surface area contributed by atoms with Gasteiger partial charge in [0.2, 0.25) is 5.91 Å². The van der Waals surface area contributed by atoms with Gasteiger partial charge in [-0.1, -0.05) is 75.5 Å². The summed E-state index contributed by atoms with van der Waals surface area (Å²) in [6.45, 7) is 2.24. The fourth-order valence-electron chi connectivity index (χ4n) is 3.52. The summed E-state index contributed by atoms with van der Waals surface area (Å²) in [5, 5.41) is 3.05. The largest absolute Gasteiger partial charge is 0.324 e. The topological polar surface area (TPSA) is 46.9 Å². The summed E-state index contributed by atoms with van der Waals surface area (Å²) in [6.07, 6.45) is 28.2. The molecule has 0 unspecified atom stereocenters. The number of unbranched alkanes of at least 4 members (excludes halogenated alkanes) is 8. The van der Waals surface area contributed by atoms with Crippen LogP contribution in [0.25, 0.3) is 5.69 Å². The molecule has 0 bridgehead atoms. The molecule has 0 fully saturated rings. The maximum Gasteiger partial charge on any atom is 0.224 e. The number of amides is 1. The molecule has 1 heterocycles. The third kappa shape index (κ3) is 10.8. The molecule has 0 aliphatic carbocycles. The van der Waals surface area contributed by atoms with Crippen LogP contribution in [0.1, 0.15) is 84.0 Å². The Morgan fingerprint density at radius 1 is 0.935 bits per heavy atom. The summed E-state index contributed by atoms with van der Waals surface area (Å²) in [4.78, 5) is 16.4. The van der Waals surface area contributed by atoms with Crippen molar-refractivity contribution in [3.05, 3.63) is 67.3 Å². The normalized spacial score (nSPS) is 11.5. The summed E-state index contributed by atoms with van der Waals surface area (Å²) < 4.78 is 1.91.